The first kappa shape index (κ1) is 12.8. The lowest BCUT2D eigenvalue weighted by Crippen LogP contribution is -1.59. The van der Waals surface area contributed by atoms with E-state index in [9.17, 15) is 0 Å². The van der Waals surface area contributed by atoms with Crippen molar-refractivity contribution in [2.75, 3.05) is 0 Å². The molecule has 66 valence electrons. The Morgan fingerprint density at radius 3 is 1.91 bits per heavy atom. The largest absolute Gasteiger partial charge is 0.340 e. The highest BCUT2D eigenvalue weighted by atomic mass is 16.5. The van der Waals surface area contributed by atoms with Gasteiger partial charge in [0.15, 0.2) is 6.33 Å². The van der Waals surface area contributed by atoms with E-state index >= 15 is 0 Å². The van der Waals surface area contributed by atoms with Crippen LogP contribution in [0.15, 0.2) is 10.9 Å². The topological polar surface area (TPSA) is 38.9 Å². The zero-order valence-electron chi connectivity index (χ0n) is 8.09. The predicted molar refractivity (Wildman–Crippen MR) is 46.3 cm³/mol. The van der Waals surface area contributed by atoms with Crippen LogP contribution in [0, 0.1) is 6.92 Å². The molecular weight excluding hydrogens is 140 g/mol. The van der Waals surface area contributed by atoms with Crippen LogP contribution >= 0.6 is 0 Å². The molecule has 1 aromatic heterocycles. The fraction of sp³-hybridized carbons (Fsp3) is 0.750. The van der Waals surface area contributed by atoms with Gasteiger partial charge >= 0.3 is 0 Å². The first-order valence-electron chi connectivity index (χ1n) is 4.04. The van der Waals surface area contributed by atoms with E-state index in [-0.39, 0.29) is 0 Å². The van der Waals surface area contributed by atoms with Gasteiger partial charge in [0.2, 0.25) is 5.89 Å². The van der Waals surface area contributed by atoms with Crippen LogP contribution in [0.25, 0.3) is 0 Å². The Bertz CT molecular complexity index is 127. The minimum absolute atomic E-state index is 0.606. The molecule has 0 fully saturated rings. The molecule has 1 rings (SSSR count). The molecule has 3 heteroatoms. The minimum Gasteiger partial charge on any atom is -0.340 e. The summed E-state index contributed by atoms with van der Waals surface area (Å²) >= 11 is 0. The summed E-state index contributed by atoms with van der Waals surface area (Å²) in [5.41, 5.74) is 0. The molecule has 11 heavy (non-hydrogen) atoms. The first-order chi connectivity index (χ1) is 5.31. The number of nitrogens with zero attached hydrogens (tertiary/aromatic N) is 2. The van der Waals surface area contributed by atoms with Crippen LogP contribution in [0.4, 0.5) is 0 Å². The molecule has 0 spiro atoms. The lowest BCUT2D eigenvalue weighted by Gasteiger charge is -1.63. The number of hydrogen-bond donors (Lipinski definition) is 0. The summed E-state index contributed by atoms with van der Waals surface area (Å²) in [7, 11) is 0. The molecule has 1 heterocycles. The maximum atomic E-state index is 4.47. The Morgan fingerprint density at radius 1 is 1.36 bits per heavy atom. The molecule has 0 saturated heterocycles. The van der Waals surface area contributed by atoms with E-state index in [4.69, 9.17) is 0 Å². The summed E-state index contributed by atoms with van der Waals surface area (Å²) in [5, 5.41) is 3.34. The summed E-state index contributed by atoms with van der Waals surface area (Å²) in [4.78, 5) is 3.64. The molecule has 0 aromatic carbocycles. The molecule has 0 aliphatic heterocycles. The van der Waals surface area contributed by atoms with Crippen molar-refractivity contribution < 1.29 is 4.52 Å². The van der Waals surface area contributed by atoms with Gasteiger partial charge in [-0.25, -0.2) is 0 Å². The monoisotopic (exact) mass is 158 g/mol. The summed E-state index contributed by atoms with van der Waals surface area (Å²) in [6.45, 7) is 9.99. The molecule has 3 nitrogen and oxygen atoms in total. The summed E-state index contributed by atoms with van der Waals surface area (Å²) < 4.78 is 4.47. The fourth-order valence-electron chi connectivity index (χ4n) is 0.228. The number of hydrogen-bond acceptors (Lipinski definition) is 3. The van der Waals surface area contributed by atoms with Crippen LogP contribution < -0.4 is 0 Å². The van der Waals surface area contributed by atoms with Gasteiger partial charge in [0.05, 0.1) is 0 Å². The number of aromatic nitrogens is 2. The van der Waals surface area contributed by atoms with Crippen LogP contribution in [-0.2, 0) is 0 Å². The van der Waals surface area contributed by atoms with E-state index in [1.807, 2.05) is 13.8 Å². The average Bonchev–Trinajstić information content (AvgIpc) is 2.46. The van der Waals surface area contributed by atoms with Gasteiger partial charge in [0.1, 0.15) is 0 Å². The first-order valence-corrected chi connectivity index (χ1v) is 4.04. The molecule has 0 unspecified atom stereocenters. The van der Waals surface area contributed by atoms with Crippen LogP contribution in [0.5, 0.6) is 0 Å². The van der Waals surface area contributed by atoms with Crippen molar-refractivity contribution in [3.8, 4) is 0 Å². The predicted octanol–water partition coefficient (Wildman–Crippen LogP) is 2.82. The Kier molecular flexibility index (Phi) is 13.8. The maximum Gasteiger partial charge on any atom is 0.223 e. The van der Waals surface area contributed by atoms with E-state index in [1.54, 1.807) is 6.92 Å². The molecule has 0 bridgehead atoms. The molecule has 1 aromatic rings. The zero-order chi connectivity index (χ0) is 9.11. The van der Waals surface area contributed by atoms with Gasteiger partial charge in [0, 0.05) is 6.92 Å². The van der Waals surface area contributed by atoms with Crippen LogP contribution in [-0.4, -0.2) is 10.1 Å². The zero-order valence-corrected chi connectivity index (χ0v) is 8.09. The Hall–Kier alpha value is -0.860. The Labute approximate surface area is 68.8 Å². The second-order valence-electron chi connectivity index (χ2n) is 1.67. The summed E-state index contributed by atoms with van der Waals surface area (Å²) in [6.07, 6.45) is 2.62. The second kappa shape index (κ2) is 11.9. The third-order valence-electron chi connectivity index (χ3n) is 0.471. The molecule has 0 radical (unpaired) electrons. The van der Waals surface area contributed by atoms with E-state index < -0.39 is 0 Å². The van der Waals surface area contributed by atoms with Crippen LogP contribution in [0.2, 0.25) is 0 Å². The van der Waals surface area contributed by atoms with Crippen molar-refractivity contribution in [1.82, 2.24) is 10.1 Å². The van der Waals surface area contributed by atoms with E-state index in [1.165, 1.54) is 12.7 Å². The van der Waals surface area contributed by atoms with Gasteiger partial charge in [0.25, 0.3) is 0 Å². The highest BCUT2D eigenvalue weighted by molar-refractivity contribution is 4.62. The fourth-order valence-corrected chi connectivity index (χ4v) is 0.228. The highest BCUT2D eigenvalue weighted by Crippen LogP contribution is 1.81. The van der Waals surface area contributed by atoms with Gasteiger partial charge in [-0.15, -0.1) is 0 Å². The quantitative estimate of drug-likeness (QED) is 0.582. The highest BCUT2D eigenvalue weighted by Gasteiger charge is 1.79. The van der Waals surface area contributed by atoms with Gasteiger partial charge in [-0.3, -0.25) is 0 Å². The van der Waals surface area contributed by atoms with Crippen molar-refractivity contribution in [3.05, 3.63) is 12.2 Å². The van der Waals surface area contributed by atoms with Gasteiger partial charge in [-0.1, -0.05) is 39.3 Å². The Balaban J connectivity index is 0. The van der Waals surface area contributed by atoms with Gasteiger partial charge in [-0.2, -0.15) is 4.98 Å². The molecule has 0 atom stereocenters. The maximum absolute atomic E-state index is 4.47. The molecule has 0 aliphatic carbocycles. The third kappa shape index (κ3) is 12.4. The second-order valence-corrected chi connectivity index (χ2v) is 1.67. The third-order valence-corrected chi connectivity index (χ3v) is 0.471. The van der Waals surface area contributed by atoms with Crippen molar-refractivity contribution in [2.45, 2.75) is 41.0 Å². The minimum atomic E-state index is 0.606. The van der Waals surface area contributed by atoms with Crippen molar-refractivity contribution in [3.63, 3.8) is 0 Å². The summed E-state index contributed by atoms with van der Waals surface area (Å²) in [5.74, 6) is 0.606. The molecule has 0 aliphatic rings. The van der Waals surface area contributed by atoms with Crippen molar-refractivity contribution in [1.29, 1.82) is 0 Å². The molecule has 0 amide bonds. The SMILES string of the molecule is CC.CCC.Cc1ncno1. The van der Waals surface area contributed by atoms with Gasteiger partial charge < -0.3 is 4.52 Å². The van der Waals surface area contributed by atoms with Gasteiger partial charge in [-0.05, 0) is 0 Å². The standard InChI is InChI=1S/C3H4N2O.C3H8.C2H6/c1-3-4-2-5-6-3;1-3-2;1-2/h2H,1H3;3H2,1-2H3;1-2H3. The van der Waals surface area contributed by atoms with E-state index in [0.29, 0.717) is 5.89 Å². The molecular formula is C8H18N2O. The lowest BCUT2D eigenvalue weighted by molar-refractivity contribution is 0.392. The number of rotatable bonds is 0. The normalized spacial score (nSPS) is 7.00. The Morgan fingerprint density at radius 2 is 1.82 bits per heavy atom. The lowest BCUT2D eigenvalue weighted by atomic mass is 10.6. The van der Waals surface area contributed by atoms with Crippen molar-refractivity contribution in [2.24, 2.45) is 0 Å². The average molecular weight is 158 g/mol. The smallest absolute Gasteiger partial charge is 0.223 e. The van der Waals surface area contributed by atoms with Crippen LogP contribution in [0.1, 0.15) is 40.0 Å². The van der Waals surface area contributed by atoms with Crippen molar-refractivity contribution >= 4 is 0 Å². The summed E-state index contributed by atoms with van der Waals surface area (Å²) in [6, 6.07) is 0. The number of aryl methyl sites for hydroxylation is 1. The van der Waals surface area contributed by atoms with Crippen LogP contribution in [0.3, 0.4) is 0 Å². The van der Waals surface area contributed by atoms with E-state index in [2.05, 4.69) is 28.5 Å². The molecule has 0 N–H and O–H groups in total. The van der Waals surface area contributed by atoms with E-state index in [0.717, 1.165) is 0 Å². The molecule has 0 saturated carbocycles.